The van der Waals surface area contributed by atoms with Crippen molar-refractivity contribution in [3.63, 3.8) is 0 Å². The van der Waals surface area contributed by atoms with E-state index in [-0.39, 0.29) is 0 Å². The fourth-order valence-corrected chi connectivity index (χ4v) is 8.00. The number of hydrogen-bond acceptors (Lipinski definition) is 7. The molecule has 3 nitrogen and oxygen atoms in total. The zero-order valence-electron chi connectivity index (χ0n) is 19.6. The summed E-state index contributed by atoms with van der Waals surface area (Å²) in [6, 6.07) is 13.4. The van der Waals surface area contributed by atoms with Gasteiger partial charge in [-0.1, -0.05) is 27.7 Å². The van der Waals surface area contributed by atoms with Crippen LogP contribution in [0.5, 0.6) is 0 Å². The van der Waals surface area contributed by atoms with E-state index in [0.29, 0.717) is 23.6 Å². The van der Waals surface area contributed by atoms with Gasteiger partial charge in [-0.2, -0.15) is 0 Å². The number of rotatable bonds is 6. The van der Waals surface area contributed by atoms with Crippen LogP contribution in [0.1, 0.15) is 60.4 Å². The van der Waals surface area contributed by atoms with Crippen molar-refractivity contribution in [1.82, 2.24) is 10.2 Å². The maximum atomic E-state index is 6.16. The lowest BCUT2D eigenvalue weighted by molar-refractivity contribution is 0.587. The normalized spacial score (nSPS) is 11.9. The summed E-state index contributed by atoms with van der Waals surface area (Å²) in [6.45, 7) is 13.1. The second-order valence-corrected chi connectivity index (χ2v) is 13.2. The van der Waals surface area contributed by atoms with Crippen LogP contribution in [0.15, 0.2) is 40.8 Å². The van der Waals surface area contributed by atoms with Crippen molar-refractivity contribution >= 4 is 45.3 Å². The second-order valence-electron chi connectivity index (χ2n) is 8.87. The first kappa shape index (κ1) is 22.7. The molecule has 0 aliphatic rings. The van der Waals surface area contributed by atoms with Crippen molar-refractivity contribution in [3.8, 4) is 41.0 Å². The van der Waals surface area contributed by atoms with Gasteiger partial charge in [0.05, 0.1) is 9.75 Å². The van der Waals surface area contributed by atoms with E-state index in [2.05, 4.69) is 88.1 Å². The van der Waals surface area contributed by atoms with Gasteiger partial charge in [-0.05, 0) is 73.2 Å². The molecule has 0 N–H and O–H groups in total. The molecule has 5 heterocycles. The van der Waals surface area contributed by atoms with Gasteiger partial charge in [-0.15, -0.1) is 55.5 Å². The first-order chi connectivity index (χ1) is 15.8. The molecule has 0 saturated carbocycles. The van der Waals surface area contributed by atoms with E-state index in [1.807, 2.05) is 22.7 Å². The molecule has 0 aliphatic carbocycles. The van der Waals surface area contributed by atoms with Crippen LogP contribution < -0.4 is 0 Å². The Kier molecular flexibility index (Phi) is 6.16. The predicted octanol–water partition coefficient (Wildman–Crippen LogP) is 9.85. The Bertz CT molecular complexity index is 1410. The van der Waals surface area contributed by atoms with E-state index < -0.39 is 0 Å². The van der Waals surface area contributed by atoms with Crippen LogP contribution >= 0.6 is 45.3 Å². The van der Waals surface area contributed by atoms with Gasteiger partial charge in [0, 0.05) is 29.3 Å². The van der Waals surface area contributed by atoms with Crippen LogP contribution in [0.2, 0.25) is 0 Å². The van der Waals surface area contributed by atoms with Crippen LogP contribution in [0.4, 0.5) is 0 Å². The lowest BCUT2D eigenvalue weighted by Gasteiger charge is -1.97. The molecule has 0 radical (unpaired) electrons. The first-order valence-electron chi connectivity index (χ1n) is 11.1. The molecule has 5 rings (SSSR count). The smallest absolute Gasteiger partial charge is 0.258 e. The molecule has 0 bridgehead atoms. The van der Waals surface area contributed by atoms with Crippen LogP contribution in [0.25, 0.3) is 41.0 Å². The molecule has 5 aromatic rings. The van der Waals surface area contributed by atoms with E-state index >= 15 is 0 Å². The number of aromatic nitrogens is 2. The summed E-state index contributed by atoms with van der Waals surface area (Å²) in [7, 11) is 0. The maximum absolute atomic E-state index is 6.16. The van der Waals surface area contributed by atoms with Crippen molar-refractivity contribution < 1.29 is 4.42 Å². The van der Waals surface area contributed by atoms with E-state index in [9.17, 15) is 0 Å². The molecule has 5 aromatic heterocycles. The predicted molar refractivity (Wildman–Crippen MR) is 145 cm³/mol. The molecule has 0 aromatic carbocycles. The Morgan fingerprint density at radius 1 is 0.606 bits per heavy atom. The maximum Gasteiger partial charge on any atom is 0.258 e. The summed E-state index contributed by atoms with van der Waals surface area (Å²) in [5.41, 5.74) is 2.37. The minimum Gasteiger partial charge on any atom is -0.414 e. The minimum atomic E-state index is 0.494. The van der Waals surface area contributed by atoms with Gasteiger partial charge in [0.15, 0.2) is 0 Å². The van der Waals surface area contributed by atoms with Crippen LogP contribution in [-0.2, 0) is 0 Å². The molecular weight excluding hydrogens is 485 g/mol. The zero-order chi connectivity index (χ0) is 23.3. The number of hydrogen-bond donors (Lipinski definition) is 0. The van der Waals surface area contributed by atoms with Crippen molar-refractivity contribution in [2.24, 2.45) is 0 Å². The van der Waals surface area contributed by atoms with Crippen molar-refractivity contribution in [3.05, 3.63) is 57.3 Å². The zero-order valence-corrected chi connectivity index (χ0v) is 22.8. The molecule has 0 unspecified atom stereocenters. The fraction of sp³-hybridized carbons (Fsp3) is 0.308. The highest BCUT2D eigenvalue weighted by Crippen LogP contribution is 2.44. The molecule has 33 heavy (non-hydrogen) atoms. The van der Waals surface area contributed by atoms with E-state index in [1.165, 1.54) is 40.4 Å². The van der Waals surface area contributed by atoms with Crippen molar-refractivity contribution in [2.75, 3.05) is 0 Å². The Hall–Kier alpha value is -2.06. The van der Waals surface area contributed by atoms with Gasteiger partial charge in [0.25, 0.3) is 11.8 Å². The van der Waals surface area contributed by atoms with Gasteiger partial charge >= 0.3 is 0 Å². The molecule has 0 spiro atoms. The van der Waals surface area contributed by atoms with E-state index in [1.54, 1.807) is 22.7 Å². The van der Waals surface area contributed by atoms with Gasteiger partial charge in [0.1, 0.15) is 0 Å². The monoisotopic (exact) mass is 510 g/mol. The van der Waals surface area contributed by atoms with Crippen LogP contribution in [-0.4, -0.2) is 10.2 Å². The third-order valence-electron chi connectivity index (χ3n) is 5.52. The Morgan fingerprint density at radius 3 is 1.76 bits per heavy atom. The molecule has 0 atom stereocenters. The third-order valence-corrected chi connectivity index (χ3v) is 11.1. The van der Waals surface area contributed by atoms with E-state index in [0.717, 1.165) is 9.75 Å². The molecule has 7 heteroatoms. The highest BCUT2D eigenvalue weighted by Gasteiger charge is 2.20. The van der Waals surface area contributed by atoms with E-state index in [4.69, 9.17) is 4.42 Å². The highest BCUT2D eigenvalue weighted by atomic mass is 32.1. The Labute approximate surface area is 210 Å². The Balaban J connectivity index is 1.43. The number of thiophene rings is 4. The lowest BCUT2D eigenvalue weighted by Crippen LogP contribution is -1.77. The first-order valence-corrected chi connectivity index (χ1v) is 14.3. The van der Waals surface area contributed by atoms with Crippen molar-refractivity contribution in [1.29, 1.82) is 0 Å². The molecule has 0 amide bonds. The van der Waals surface area contributed by atoms with Crippen LogP contribution in [0.3, 0.4) is 0 Å². The quantitative estimate of drug-likeness (QED) is 0.228. The Morgan fingerprint density at radius 2 is 1.15 bits per heavy atom. The molecule has 0 aliphatic heterocycles. The standard InChI is InChI=1S/C26H26N2OS4/c1-13(2)17-7-8-18(30-17)19-9-10-20(31-19)22-12-16(6)24(33-22)26-28-27-25(29-26)23-15(5)11-21(32-23)14(3)4/h7-14H,1-6H3. The summed E-state index contributed by atoms with van der Waals surface area (Å²) in [4.78, 5) is 10.1. The van der Waals surface area contributed by atoms with Gasteiger partial charge < -0.3 is 4.42 Å². The topological polar surface area (TPSA) is 38.9 Å². The summed E-state index contributed by atoms with van der Waals surface area (Å²) in [6.07, 6.45) is 0. The fourth-order valence-electron chi connectivity index (χ4n) is 3.62. The van der Waals surface area contributed by atoms with Crippen LogP contribution in [0, 0.1) is 13.8 Å². The van der Waals surface area contributed by atoms with Crippen molar-refractivity contribution in [2.45, 2.75) is 53.4 Å². The summed E-state index contributed by atoms with van der Waals surface area (Å²) in [5, 5.41) is 8.79. The highest BCUT2D eigenvalue weighted by molar-refractivity contribution is 7.27. The SMILES string of the molecule is Cc1cc(-c2ccc(-c3ccc(C(C)C)s3)s2)sc1-c1nnc(-c2sc(C(C)C)cc2C)o1. The summed E-state index contributed by atoms with van der Waals surface area (Å²) < 4.78 is 6.16. The average Bonchev–Trinajstić information content (AvgIpc) is 3.55. The minimum absolute atomic E-state index is 0.494. The molecule has 0 fully saturated rings. The lowest BCUT2D eigenvalue weighted by atomic mass is 10.1. The largest absolute Gasteiger partial charge is 0.414 e. The third kappa shape index (κ3) is 4.39. The van der Waals surface area contributed by atoms with Gasteiger partial charge in [-0.3, -0.25) is 0 Å². The summed E-state index contributed by atoms with van der Waals surface area (Å²) in [5.74, 6) is 2.29. The second kappa shape index (κ2) is 8.95. The van der Waals surface area contributed by atoms with Gasteiger partial charge in [0.2, 0.25) is 0 Å². The molecular formula is C26H26N2OS4. The molecule has 0 saturated heterocycles. The van der Waals surface area contributed by atoms with Gasteiger partial charge in [-0.25, -0.2) is 0 Å². The number of nitrogens with zero attached hydrogens (tertiary/aromatic N) is 2. The summed E-state index contributed by atoms with van der Waals surface area (Å²) >= 11 is 7.22. The number of aryl methyl sites for hydroxylation is 2. The molecule has 170 valence electrons. The average molecular weight is 511 g/mol.